The summed E-state index contributed by atoms with van der Waals surface area (Å²) in [5.74, 6) is 2.88. The Kier molecular flexibility index (Phi) is 4.90. The summed E-state index contributed by atoms with van der Waals surface area (Å²) < 4.78 is 18.6. The van der Waals surface area contributed by atoms with Gasteiger partial charge in [0.25, 0.3) is 0 Å². The molecule has 29 heavy (non-hydrogen) atoms. The van der Waals surface area contributed by atoms with E-state index < -0.39 is 0 Å². The van der Waals surface area contributed by atoms with Crippen molar-refractivity contribution in [2.45, 2.75) is 51.0 Å². The van der Waals surface area contributed by atoms with Gasteiger partial charge in [-0.3, -0.25) is 0 Å². The molecule has 2 aliphatic heterocycles. The number of piperidine rings is 1. The average molecular weight is 398 g/mol. The number of rotatable bonds is 7. The van der Waals surface area contributed by atoms with E-state index in [0.29, 0.717) is 11.8 Å². The minimum Gasteiger partial charge on any atom is -0.493 e. The summed E-state index contributed by atoms with van der Waals surface area (Å²) in [6, 6.07) is 6.51. The first kappa shape index (κ1) is 19.4. The Morgan fingerprint density at radius 2 is 2.14 bits per heavy atom. The van der Waals surface area contributed by atoms with Crippen LogP contribution >= 0.6 is 0 Å². The molecule has 4 heteroatoms. The van der Waals surface area contributed by atoms with Gasteiger partial charge in [0.1, 0.15) is 6.10 Å². The van der Waals surface area contributed by atoms with Crippen LogP contribution in [0.1, 0.15) is 45.1 Å². The summed E-state index contributed by atoms with van der Waals surface area (Å²) in [5, 5.41) is 0. The lowest BCUT2D eigenvalue weighted by Crippen LogP contribution is -2.70. The molecule has 5 aliphatic rings. The molecule has 158 valence electrons. The Labute approximate surface area is 175 Å². The lowest BCUT2D eigenvalue weighted by Gasteiger charge is -2.65. The van der Waals surface area contributed by atoms with Gasteiger partial charge in [-0.05, 0) is 50.8 Å². The first-order valence-electron chi connectivity index (χ1n) is 11.5. The van der Waals surface area contributed by atoms with Crippen LogP contribution in [0.4, 0.5) is 0 Å². The summed E-state index contributed by atoms with van der Waals surface area (Å²) in [4.78, 5) is 2.68. The van der Waals surface area contributed by atoms with Gasteiger partial charge in [0, 0.05) is 35.5 Å². The van der Waals surface area contributed by atoms with Crippen LogP contribution in [0.2, 0.25) is 0 Å². The Morgan fingerprint density at radius 1 is 1.24 bits per heavy atom. The Bertz CT molecular complexity index is 792. The van der Waals surface area contributed by atoms with Gasteiger partial charge in [0.2, 0.25) is 0 Å². The maximum absolute atomic E-state index is 6.76. The third kappa shape index (κ3) is 2.58. The van der Waals surface area contributed by atoms with Crippen molar-refractivity contribution in [3.05, 3.63) is 35.9 Å². The normalized spacial score (nSPS) is 37.0. The minimum atomic E-state index is 0.0407. The van der Waals surface area contributed by atoms with E-state index in [0.717, 1.165) is 50.6 Å². The number of benzene rings is 1. The number of hydrogen-bond acceptors (Lipinski definition) is 4. The predicted octanol–water partition coefficient (Wildman–Crippen LogP) is 4.43. The highest BCUT2D eigenvalue weighted by atomic mass is 16.5. The second kappa shape index (κ2) is 7.31. The summed E-state index contributed by atoms with van der Waals surface area (Å²) in [6.45, 7) is 9.64. The van der Waals surface area contributed by atoms with E-state index in [9.17, 15) is 0 Å². The van der Waals surface area contributed by atoms with Gasteiger partial charge in [-0.1, -0.05) is 38.1 Å². The standard InChI is InChI=1S/C25H35NO3/c1-4-12-26-13-11-25-20-7-6-8-21(27-3)22(20)29-23(25)18-9-10-24(25,17-26)19(15-18)16-28-14-5-2/h6-10,18-19,23H,4-5,11-17H2,1-3H3. The molecule has 5 atom stereocenters. The number of ether oxygens (including phenoxy) is 3. The Balaban J connectivity index is 1.62. The molecular formula is C25H35NO3. The van der Waals surface area contributed by atoms with Gasteiger partial charge >= 0.3 is 0 Å². The molecule has 2 spiro atoms. The molecule has 0 radical (unpaired) electrons. The van der Waals surface area contributed by atoms with Crippen LogP contribution in [-0.4, -0.2) is 51.0 Å². The fraction of sp³-hybridized carbons (Fsp3) is 0.680. The summed E-state index contributed by atoms with van der Waals surface area (Å²) in [7, 11) is 1.76. The van der Waals surface area contributed by atoms with Gasteiger partial charge in [-0.25, -0.2) is 0 Å². The molecule has 0 amide bonds. The smallest absolute Gasteiger partial charge is 0.165 e. The molecule has 0 aromatic heterocycles. The first-order valence-corrected chi connectivity index (χ1v) is 11.5. The maximum Gasteiger partial charge on any atom is 0.165 e. The molecule has 2 bridgehead atoms. The fourth-order valence-corrected chi connectivity index (χ4v) is 6.99. The van der Waals surface area contributed by atoms with Gasteiger partial charge in [-0.15, -0.1) is 0 Å². The van der Waals surface area contributed by atoms with Gasteiger partial charge in [-0.2, -0.15) is 0 Å². The summed E-state index contributed by atoms with van der Waals surface area (Å²) in [6.07, 6.45) is 9.88. The molecule has 6 rings (SSSR count). The number of hydrogen-bond donors (Lipinski definition) is 0. The lowest BCUT2D eigenvalue weighted by molar-refractivity contribution is -0.131. The van der Waals surface area contributed by atoms with Crippen LogP contribution in [0.25, 0.3) is 0 Å². The van der Waals surface area contributed by atoms with E-state index in [1.165, 1.54) is 24.9 Å². The van der Waals surface area contributed by atoms with E-state index in [2.05, 4.69) is 43.0 Å². The van der Waals surface area contributed by atoms with Gasteiger partial charge in [0.05, 0.1) is 13.7 Å². The molecule has 1 saturated heterocycles. The SMILES string of the molecule is CCCOCC1CC2C=CC13CN(CCC)CCC31c3cccc(OC)c3OC21. The number of methoxy groups -OCH3 is 1. The number of fused-ring (bicyclic) bond motifs is 2. The monoisotopic (exact) mass is 397 g/mol. The number of likely N-dealkylation sites (tertiary alicyclic amines) is 1. The molecule has 3 aliphatic carbocycles. The number of para-hydroxylation sites is 1. The third-order valence-electron chi connectivity index (χ3n) is 8.07. The zero-order valence-electron chi connectivity index (χ0n) is 18.2. The highest BCUT2D eigenvalue weighted by Crippen LogP contribution is 2.69. The molecular weight excluding hydrogens is 362 g/mol. The van der Waals surface area contributed by atoms with Crippen molar-refractivity contribution in [1.29, 1.82) is 0 Å². The fourth-order valence-electron chi connectivity index (χ4n) is 6.99. The van der Waals surface area contributed by atoms with Crippen molar-refractivity contribution < 1.29 is 14.2 Å². The maximum atomic E-state index is 6.76. The minimum absolute atomic E-state index is 0.0407. The highest BCUT2D eigenvalue weighted by Gasteiger charge is 2.71. The van der Waals surface area contributed by atoms with E-state index in [1.54, 1.807) is 7.11 Å². The second-order valence-electron chi connectivity index (χ2n) is 9.44. The number of nitrogens with zero attached hydrogens (tertiary/aromatic N) is 1. The van der Waals surface area contributed by atoms with Crippen molar-refractivity contribution in [1.82, 2.24) is 4.90 Å². The Morgan fingerprint density at radius 3 is 2.93 bits per heavy atom. The molecule has 2 fully saturated rings. The van der Waals surface area contributed by atoms with Crippen molar-refractivity contribution in [2.24, 2.45) is 17.3 Å². The molecule has 1 saturated carbocycles. The molecule has 2 heterocycles. The quantitative estimate of drug-likeness (QED) is 0.503. The largest absolute Gasteiger partial charge is 0.493 e. The van der Waals surface area contributed by atoms with Crippen LogP contribution < -0.4 is 9.47 Å². The summed E-state index contributed by atoms with van der Waals surface area (Å²) in [5.41, 5.74) is 1.50. The van der Waals surface area contributed by atoms with E-state index in [1.807, 2.05) is 6.07 Å². The second-order valence-corrected chi connectivity index (χ2v) is 9.44. The van der Waals surface area contributed by atoms with E-state index in [-0.39, 0.29) is 16.9 Å². The van der Waals surface area contributed by atoms with Gasteiger partial charge < -0.3 is 19.1 Å². The zero-order chi connectivity index (χ0) is 20.1. The van der Waals surface area contributed by atoms with Crippen molar-refractivity contribution in [3.63, 3.8) is 0 Å². The third-order valence-corrected chi connectivity index (χ3v) is 8.07. The average Bonchev–Trinajstić information content (AvgIpc) is 3.10. The van der Waals surface area contributed by atoms with E-state index >= 15 is 0 Å². The van der Waals surface area contributed by atoms with Gasteiger partial charge in [0.15, 0.2) is 11.5 Å². The zero-order valence-corrected chi connectivity index (χ0v) is 18.2. The van der Waals surface area contributed by atoms with Crippen molar-refractivity contribution in [3.8, 4) is 11.5 Å². The van der Waals surface area contributed by atoms with Crippen LogP contribution in [0, 0.1) is 17.3 Å². The van der Waals surface area contributed by atoms with Crippen molar-refractivity contribution >= 4 is 0 Å². The highest BCUT2D eigenvalue weighted by molar-refractivity contribution is 5.58. The first-order chi connectivity index (χ1) is 14.2. The molecule has 0 N–H and O–H groups in total. The molecule has 5 unspecified atom stereocenters. The molecule has 1 aromatic carbocycles. The van der Waals surface area contributed by atoms with Crippen LogP contribution in [0.15, 0.2) is 30.4 Å². The molecule has 1 aromatic rings. The van der Waals surface area contributed by atoms with Crippen LogP contribution in [0.3, 0.4) is 0 Å². The van der Waals surface area contributed by atoms with E-state index in [4.69, 9.17) is 14.2 Å². The van der Waals surface area contributed by atoms with Crippen LogP contribution in [0.5, 0.6) is 11.5 Å². The predicted molar refractivity (Wildman–Crippen MR) is 115 cm³/mol. The van der Waals surface area contributed by atoms with Crippen LogP contribution in [-0.2, 0) is 10.2 Å². The topological polar surface area (TPSA) is 30.9 Å². The lowest BCUT2D eigenvalue weighted by atomic mass is 9.41. The summed E-state index contributed by atoms with van der Waals surface area (Å²) >= 11 is 0. The molecule has 4 nitrogen and oxygen atoms in total. The Hall–Kier alpha value is -1.52. The van der Waals surface area contributed by atoms with Crippen molar-refractivity contribution in [2.75, 3.05) is 40.0 Å².